The van der Waals surface area contributed by atoms with Gasteiger partial charge in [0.2, 0.25) is 0 Å². The quantitative estimate of drug-likeness (QED) is 0.173. The monoisotopic (exact) mass is 512 g/mol. The molecule has 6 rings (SSSR count). The van der Waals surface area contributed by atoms with Crippen LogP contribution in [0.4, 0.5) is 22.2 Å². The maximum Gasteiger partial charge on any atom is 0.342 e. The minimum Gasteiger partial charge on any atom is -0.420 e. The van der Waals surface area contributed by atoms with E-state index in [1.165, 1.54) is 28.2 Å². The smallest absolute Gasteiger partial charge is 0.342 e. The highest BCUT2D eigenvalue weighted by atomic mass is 32.1. The number of oxazole rings is 1. The molecule has 2 aliphatic rings. The van der Waals surface area contributed by atoms with Crippen LogP contribution in [0.1, 0.15) is 35.8 Å². The lowest BCUT2D eigenvalue weighted by atomic mass is 10.1. The highest BCUT2D eigenvalue weighted by Crippen LogP contribution is 2.37. The molecule has 0 spiro atoms. The molecule has 2 aliphatic heterocycles. The number of aromatic nitrogens is 1. The summed E-state index contributed by atoms with van der Waals surface area (Å²) in [6, 6.07) is 18.1. The third-order valence-corrected chi connectivity index (χ3v) is 7.46. The molecule has 0 bridgehead atoms. The van der Waals surface area contributed by atoms with Crippen molar-refractivity contribution in [3.63, 3.8) is 0 Å². The number of nitrogens with zero attached hydrogens (tertiary/aromatic N) is 4. The summed E-state index contributed by atoms with van der Waals surface area (Å²) in [5.41, 5.74) is 6.15. The minimum absolute atomic E-state index is 0.176. The van der Waals surface area contributed by atoms with Crippen LogP contribution in [0.2, 0.25) is 0 Å². The summed E-state index contributed by atoms with van der Waals surface area (Å²) in [6.45, 7) is 3.88. The van der Waals surface area contributed by atoms with Crippen LogP contribution in [0.15, 0.2) is 74.9 Å². The molecule has 1 saturated heterocycles. The number of hydrogen-bond donors (Lipinski definition) is 2. The molecule has 0 atom stereocenters. The van der Waals surface area contributed by atoms with Gasteiger partial charge in [-0.05, 0) is 47.7 Å². The van der Waals surface area contributed by atoms with Gasteiger partial charge in [0.25, 0.3) is 5.91 Å². The number of carbonyl (C=O) groups is 2. The fourth-order valence-corrected chi connectivity index (χ4v) is 5.73. The van der Waals surface area contributed by atoms with Crippen LogP contribution in [0.5, 0.6) is 0 Å². The number of fused-ring (bicyclic) bond motifs is 2. The van der Waals surface area contributed by atoms with Crippen LogP contribution in [-0.4, -0.2) is 23.5 Å². The van der Waals surface area contributed by atoms with Crippen LogP contribution < -0.4 is 15.5 Å². The number of nitrogens with one attached hydrogen (secondary N) is 2. The van der Waals surface area contributed by atoms with Gasteiger partial charge >= 0.3 is 12.0 Å². The third-order valence-electron chi connectivity index (χ3n) is 6.39. The van der Waals surface area contributed by atoms with Crippen molar-refractivity contribution in [3.05, 3.63) is 76.3 Å². The molecule has 4 aromatic rings. The topological polar surface area (TPSA) is 112 Å². The van der Waals surface area contributed by atoms with E-state index in [1.807, 2.05) is 25.1 Å². The third kappa shape index (κ3) is 4.63. The number of imide groups is 1. The first-order valence-electron chi connectivity index (χ1n) is 12.2. The van der Waals surface area contributed by atoms with E-state index >= 15 is 0 Å². The zero-order valence-electron chi connectivity index (χ0n) is 20.2. The second-order valence-corrected chi connectivity index (χ2v) is 9.99. The molecule has 186 valence electrons. The summed E-state index contributed by atoms with van der Waals surface area (Å²) < 4.78 is 5.81. The average Bonchev–Trinajstić information content (AvgIpc) is 3.65. The Morgan fingerprint density at radius 3 is 2.73 bits per heavy atom. The number of hydrogen-bond acceptors (Lipinski definition) is 8. The van der Waals surface area contributed by atoms with Crippen molar-refractivity contribution >= 4 is 56.7 Å². The molecule has 0 aliphatic carbocycles. The fraction of sp³-hybridized carbons (Fsp3) is 0.222. The van der Waals surface area contributed by atoms with E-state index in [0.717, 1.165) is 42.1 Å². The highest BCUT2D eigenvalue weighted by molar-refractivity contribution is 7.19. The Labute approximate surface area is 216 Å². The van der Waals surface area contributed by atoms with Crippen molar-refractivity contribution in [2.45, 2.75) is 32.7 Å². The van der Waals surface area contributed by atoms with Gasteiger partial charge in [-0.3, -0.25) is 10.1 Å². The minimum atomic E-state index is -0.509. The zero-order valence-corrected chi connectivity index (χ0v) is 21.0. The van der Waals surface area contributed by atoms with Gasteiger partial charge in [0.1, 0.15) is 5.70 Å². The van der Waals surface area contributed by atoms with E-state index < -0.39 is 11.9 Å². The molecule has 4 heterocycles. The van der Waals surface area contributed by atoms with E-state index in [0.29, 0.717) is 16.8 Å². The molecule has 3 amide bonds. The summed E-state index contributed by atoms with van der Waals surface area (Å²) in [6.07, 6.45) is 2.43. The van der Waals surface area contributed by atoms with Gasteiger partial charge in [0, 0.05) is 29.7 Å². The first kappa shape index (κ1) is 23.1. The molecular formula is C27H24N6O3S. The second kappa shape index (κ2) is 9.62. The Morgan fingerprint density at radius 1 is 1.11 bits per heavy atom. The Bertz CT molecular complexity index is 1540. The van der Waals surface area contributed by atoms with Crippen molar-refractivity contribution in [2.24, 2.45) is 10.2 Å². The molecule has 37 heavy (non-hydrogen) atoms. The summed E-state index contributed by atoms with van der Waals surface area (Å²) in [5.74, 6) is -0.418. The van der Waals surface area contributed by atoms with Crippen LogP contribution in [0.3, 0.4) is 0 Å². The number of benzene rings is 2. The lowest BCUT2D eigenvalue weighted by Crippen LogP contribution is -2.22. The number of allylic oxidation sites excluding steroid dienone is 1. The predicted octanol–water partition coefficient (Wildman–Crippen LogP) is 6.22. The standard InChI is InChI=1S/C27H24N6O3S/c1-2-6-19(23-24(34)29-26(35)28-23)22-14-21-25(37-22)30-27(36-21)32-31-18-9-10-20-17(13-18)11-12-33(20)15-16-7-4-3-5-8-16/h3-5,7-10,13-14H,2,6,11-12,15H2,1H3,(H2,28,29,34,35)/b23-19+,32-31+. The summed E-state index contributed by atoms with van der Waals surface area (Å²) >= 11 is 1.39. The molecule has 9 nitrogen and oxygen atoms in total. The van der Waals surface area contributed by atoms with Crippen LogP contribution >= 0.6 is 11.3 Å². The van der Waals surface area contributed by atoms with Gasteiger partial charge < -0.3 is 14.6 Å². The van der Waals surface area contributed by atoms with E-state index in [2.05, 4.69) is 67.1 Å². The van der Waals surface area contributed by atoms with E-state index in [1.54, 1.807) is 0 Å². The largest absolute Gasteiger partial charge is 0.420 e. The zero-order chi connectivity index (χ0) is 25.4. The van der Waals surface area contributed by atoms with Crippen molar-refractivity contribution in [3.8, 4) is 0 Å². The Hall–Kier alpha value is -4.31. The number of carbonyl (C=O) groups excluding carboxylic acids is 2. The van der Waals surface area contributed by atoms with Gasteiger partial charge in [-0.15, -0.1) is 16.5 Å². The van der Waals surface area contributed by atoms with Crippen LogP contribution in [-0.2, 0) is 17.8 Å². The van der Waals surface area contributed by atoms with E-state index in [-0.39, 0.29) is 11.7 Å². The average molecular weight is 513 g/mol. The van der Waals surface area contributed by atoms with Gasteiger partial charge in [0.05, 0.1) is 5.69 Å². The van der Waals surface area contributed by atoms with Crippen LogP contribution in [0, 0.1) is 0 Å². The van der Waals surface area contributed by atoms with Gasteiger partial charge in [0.15, 0.2) is 10.4 Å². The molecule has 10 heteroatoms. The summed E-state index contributed by atoms with van der Waals surface area (Å²) in [5, 5.41) is 13.4. The number of urea groups is 1. The normalized spacial score (nSPS) is 16.5. The van der Waals surface area contributed by atoms with Crippen LogP contribution in [0.25, 0.3) is 16.0 Å². The lowest BCUT2D eigenvalue weighted by molar-refractivity contribution is -0.115. The van der Waals surface area contributed by atoms with Gasteiger partial charge in [-0.1, -0.05) is 48.8 Å². The first-order chi connectivity index (χ1) is 18.1. The summed E-state index contributed by atoms with van der Waals surface area (Å²) in [4.78, 5) is 32.1. The first-order valence-corrected chi connectivity index (χ1v) is 13.0. The Kier molecular flexibility index (Phi) is 6.01. The lowest BCUT2D eigenvalue weighted by Gasteiger charge is -2.19. The van der Waals surface area contributed by atoms with Gasteiger partial charge in [-0.25, -0.2) is 4.79 Å². The molecule has 0 radical (unpaired) electrons. The number of amides is 3. The SMILES string of the molecule is CCC/C(=C1\NC(=O)NC1=O)c1cc2oc(/N=N/c3ccc4c(c3)CCN4Cc3ccccc3)nc2s1. The molecule has 0 saturated carbocycles. The molecule has 2 N–H and O–H groups in total. The van der Waals surface area contributed by atoms with Crippen molar-refractivity contribution < 1.29 is 14.0 Å². The fourth-order valence-electron chi connectivity index (χ4n) is 4.70. The van der Waals surface area contributed by atoms with Crippen molar-refractivity contribution in [1.82, 2.24) is 15.6 Å². The number of rotatable bonds is 7. The van der Waals surface area contributed by atoms with Crippen molar-refractivity contribution in [1.29, 1.82) is 0 Å². The predicted molar refractivity (Wildman–Crippen MR) is 142 cm³/mol. The van der Waals surface area contributed by atoms with E-state index in [9.17, 15) is 9.59 Å². The second-order valence-electron chi connectivity index (χ2n) is 8.96. The highest BCUT2D eigenvalue weighted by Gasteiger charge is 2.28. The molecular weight excluding hydrogens is 488 g/mol. The summed E-state index contributed by atoms with van der Waals surface area (Å²) in [7, 11) is 0. The maximum atomic E-state index is 12.2. The number of azo groups is 1. The maximum absolute atomic E-state index is 12.2. The molecule has 0 unspecified atom stereocenters. The number of thiophene rings is 1. The Balaban J connectivity index is 1.19. The Morgan fingerprint density at radius 2 is 1.97 bits per heavy atom. The van der Waals surface area contributed by atoms with Crippen molar-refractivity contribution in [2.75, 3.05) is 11.4 Å². The number of anilines is 1. The van der Waals surface area contributed by atoms with E-state index in [4.69, 9.17) is 4.42 Å². The molecule has 2 aromatic heterocycles. The molecule has 1 fully saturated rings. The van der Waals surface area contributed by atoms with Gasteiger partial charge in [-0.2, -0.15) is 4.98 Å². The molecule has 2 aromatic carbocycles.